The maximum atomic E-state index is 12.4. The summed E-state index contributed by atoms with van der Waals surface area (Å²) in [5.41, 5.74) is 1.34. The molecule has 0 heterocycles. The Morgan fingerprint density at radius 1 is 1.04 bits per heavy atom. The molecule has 2 rings (SSSR count). The van der Waals surface area contributed by atoms with Crippen LogP contribution < -0.4 is 0 Å². The van der Waals surface area contributed by atoms with E-state index in [2.05, 4.69) is 0 Å². The lowest BCUT2D eigenvalue weighted by Gasteiger charge is -2.16. The minimum atomic E-state index is -4.09. The van der Waals surface area contributed by atoms with Gasteiger partial charge in [-0.2, -0.15) is 8.42 Å². The summed E-state index contributed by atoms with van der Waals surface area (Å²) < 4.78 is 34.9. The van der Waals surface area contributed by atoms with Crippen LogP contribution in [0.4, 0.5) is 0 Å². The van der Waals surface area contributed by atoms with Crippen molar-refractivity contribution in [1.29, 1.82) is 0 Å². The molecular weight excluding hydrogens is 316 g/mol. The molecule has 0 fully saturated rings. The van der Waals surface area contributed by atoms with E-state index in [1.807, 2.05) is 6.92 Å². The van der Waals surface area contributed by atoms with Crippen molar-refractivity contribution in [3.63, 3.8) is 0 Å². The second-order valence-corrected chi connectivity index (χ2v) is 6.48. The second kappa shape index (κ2) is 7.39. The van der Waals surface area contributed by atoms with Crippen LogP contribution in [0.5, 0.6) is 0 Å². The van der Waals surface area contributed by atoms with Crippen LogP contribution in [-0.4, -0.2) is 21.0 Å². The standard InChI is InChI=1S/C17H18O5S/c1-3-21-17(18)16(14-7-5-4-6-8-14)22-23(19,20)15-11-9-13(2)10-12-15/h4-12,16H,3H2,1-2H3. The third-order valence-electron chi connectivity index (χ3n) is 3.14. The average molecular weight is 334 g/mol. The Morgan fingerprint density at radius 2 is 1.65 bits per heavy atom. The number of carbonyl (C=O) groups excluding carboxylic acids is 1. The molecule has 5 nitrogen and oxygen atoms in total. The fourth-order valence-corrected chi connectivity index (χ4v) is 2.99. The van der Waals surface area contributed by atoms with E-state index in [4.69, 9.17) is 8.92 Å². The minimum Gasteiger partial charge on any atom is -0.464 e. The van der Waals surface area contributed by atoms with Crippen molar-refractivity contribution in [2.75, 3.05) is 6.61 Å². The molecule has 1 unspecified atom stereocenters. The van der Waals surface area contributed by atoms with Gasteiger partial charge in [0.2, 0.25) is 0 Å². The zero-order chi connectivity index (χ0) is 16.9. The molecule has 0 aliphatic heterocycles. The fourth-order valence-electron chi connectivity index (χ4n) is 1.96. The minimum absolute atomic E-state index is 0.00618. The highest BCUT2D eigenvalue weighted by atomic mass is 32.2. The Balaban J connectivity index is 2.33. The molecular formula is C17H18O5S. The predicted octanol–water partition coefficient (Wildman–Crippen LogP) is 3.00. The second-order valence-electron chi connectivity index (χ2n) is 4.91. The van der Waals surface area contributed by atoms with Gasteiger partial charge in [-0.05, 0) is 31.5 Å². The third kappa shape index (κ3) is 4.40. The molecule has 0 radical (unpaired) electrons. The average Bonchev–Trinajstić information content (AvgIpc) is 2.54. The van der Waals surface area contributed by atoms with E-state index in [1.54, 1.807) is 49.4 Å². The molecule has 0 aliphatic carbocycles. The summed E-state index contributed by atoms with van der Waals surface area (Å²) in [4.78, 5) is 12.1. The number of benzene rings is 2. The third-order valence-corrected chi connectivity index (χ3v) is 4.43. The Hall–Kier alpha value is -2.18. The van der Waals surface area contributed by atoms with Gasteiger partial charge in [0, 0.05) is 0 Å². The Kier molecular flexibility index (Phi) is 5.52. The van der Waals surface area contributed by atoms with E-state index in [-0.39, 0.29) is 11.5 Å². The molecule has 0 N–H and O–H groups in total. The molecule has 23 heavy (non-hydrogen) atoms. The van der Waals surface area contributed by atoms with Gasteiger partial charge in [0.1, 0.15) is 0 Å². The summed E-state index contributed by atoms with van der Waals surface area (Å²) in [6.07, 6.45) is -1.33. The zero-order valence-electron chi connectivity index (χ0n) is 12.9. The number of esters is 1. The number of hydrogen-bond acceptors (Lipinski definition) is 5. The van der Waals surface area contributed by atoms with E-state index < -0.39 is 22.2 Å². The van der Waals surface area contributed by atoms with Crippen LogP contribution in [-0.2, 0) is 23.8 Å². The van der Waals surface area contributed by atoms with Gasteiger partial charge in [0.05, 0.1) is 11.5 Å². The summed E-state index contributed by atoms with van der Waals surface area (Å²) in [5.74, 6) is -0.741. The fraction of sp³-hybridized carbons (Fsp3) is 0.235. The summed E-state index contributed by atoms with van der Waals surface area (Å²) >= 11 is 0. The maximum absolute atomic E-state index is 12.4. The highest BCUT2D eigenvalue weighted by Gasteiger charge is 2.30. The maximum Gasteiger partial charge on any atom is 0.341 e. The molecule has 2 aromatic carbocycles. The Labute approximate surface area is 136 Å². The van der Waals surface area contributed by atoms with Crippen molar-refractivity contribution in [3.05, 3.63) is 65.7 Å². The van der Waals surface area contributed by atoms with Gasteiger partial charge >= 0.3 is 5.97 Å². The van der Waals surface area contributed by atoms with Gasteiger partial charge in [-0.25, -0.2) is 8.98 Å². The van der Waals surface area contributed by atoms with Gasteiger partial charge in [-0.1, -0.05) is 48.0 Å². The lowest BCUT2D eigenvalue weighted by molar-refractivity contribution is -0.151. The number of ether oxygens (including phenoxy) is 1. The van der Waals surface area contributed by atoms with Crippen LogP contribution in [0.25, 0.3) is 0 Å². The number of hydrogen-bond donors (Lipinski definition) is 0. The van der Waals surface area contributed by atoms with Gasteiger partial charge in [-0.3, -0.25) is 0 Å². The monoisotopic (exact) mass is 334 g/mol. The van der Waals surface area contributed by atoms with Crippen molar-refractivity contribution in [2.24, 2.45) is 0 Å². The summed E-state index contributed by atoms with van der Waals surface area (Å²) in [6.45, 7) is 3.63. The first-order chi connectivity index (χ1) is 10.9. The lowest BCUT2D eigenvalue weighted by Crippen LogP contribution is -2.22. The lowest BCUT2D eigenvalue weighted by atomic mass is 10.1. The predicted molar refractivity (Wildman–Crippen MR) is 85.3 cm³/mol. The van der Waals surface area contributed by atoms with Crippen LogP contribution in [0.1, 0.15) is 24.2 Å². The molecule has 0 aliphatic rings. The first-order valence-electron chi connectivity index (χ1n) is 7.15. The van der Waals surface area contributed by atoms with Gasteiger partial charge in [0.25, 0.3) is 10.1 Å². The van der Waals surface area contributed by atoms with E-state index in [9.17, 15) is 13.2 Å². The SMILES string of the molecule is CCOC(=O)C(OS(=O)(=O)c1ccc(C)cc1)c1ccccc1. The number of aryl methyl sites for hydroxylation is 1. The molecule has 1 atom stereocenters. The molecule has 0 aromatic heterocycles. The van der Waals surface area contributed by atoms with Crippen LogP contribution in [0.3, 0.4) is 0 Å². The molecule has 6 heteroatoms. The quantitative estimate of drug-likeness (QED) is 0.600. The van der Waals surface area contributed by atoms with Crippen LogP contribution in [0.2, 0.25) is 0 Å². The molecule has 2 aromatic rings. The van der Waals surface area contributed by atoms with E-state index in [0.29, 0.717) is 5.56 Å². The van der Waals surface area contributed by atoms with Crippen molar-refractivity contribution in [1.82, 2.24) is 0 Å². The van der Waals surface area contributed by atoms with Crippen LogP contribution in [0.15, 0.2) is 59.5 Å². The van der Waals surface area contributed by atoms with E-state index in [1.165, 1.54) is 12.1 Å². The molecule has 0 saturated heterocycles. The van der Waals surface area contributed by atoms with Gasteiger partial charge in [-0.15, -0.1) is 0 Å². The van der Waals surface area contributed by atoms with Crippen molar-refractivity contribution in [3.8, 4) is 0 Å². The summed E-state index contributed by atoms with van der Waals surface area (Å²) in [6, 6.07) is 14.6. The zero-order valence-corrected chi connectivity index (χ0v) is 13.7. The molecule has 0 bridgehead atoms. The van der Waals surface area contributed by atoms with Gasteiger partial charge < -0.3 is 4.74 Å². The first kappa shape index (κ1) is 17.2. The summed E-state index contributed by atoms with van der Waals surface area (Å²) in [5, 5.41) is 0. The highest BCUT2D eigenvalue weighted by Crippen LogP contribution is 2.25. The van der Waals surface area contributed by atoms with Gasteiger partial charge in [0.15, 0.2) is 6.10 Å². The normalized spacial score (nSPS) is 12.6. The van der Waals surface area contributed by atoms with Crippen molar-refractivity contribution < 1.29 is 22.1 Å². The summed E-state index contributed by atoms with van der Waals surface area (Å²) in [7, 11) is -4.09. The Morgan fingerprint density at radius 3 is 2.22 bits per heavy atom. The highest BCUT2D eigenvalue weighted by molar-refractivity contribution is 7.86. The molecule has 0 amide bonds. The van der Waals surface area contributed by atoms with Crippen LogP contribution in [0, 0.1) is 6.92 Å². The van der Waals surface area contributed by atoms with E-state index >= 15 is 0 Å². The largest absolute Gasteiger partial charge is 0.464 e. The number of rotatable bonds is 6. The molecule has 122 valence electrons. The Bertz CT molecular complexity index is 751. The molecule has 0 spiro atoms. The topological polar surface area (TPSA) is 69.7 Å². The van der Waals surface area contributed by atoms with Crippen LogP contribution >= 0.6 is 0 Å². The first-order valence-corrected chi connectivity index (χ1v) is 8.56. The van der Waals surface area contributed by atoms with E-state index in [0.717, 1.165) is 5.56 Å². The number of carbonyl (C=O) groups is 1. The van der Waals surface area contributed by atoms with Crippen molar-refractivity contribution in [2.45, 2.75) is 24.8 Å². The molecule has 0 saturated carbocycles. The van der Waals surface area contributed by atoms with Crippen molar-refractivity contribution >= 4 is 16.1 Å². The smallest absolute Gasteiger partial charge is 0.341 e.